The zero-order chi connectivity index (χ0) is 21.0. The first-order valence-electron chi connectivity index (χ1n) is 9.21. The summed E-state index contributed by atoms with van der Waals surface area (Å²) in [6.45, 7) is 2.55. The number of fused-ring (bicyclic) bond motifs is 2. The van der Waals surface area contributed by atoms with E-state index >= 15 is 0 Å². The van der Waals surface area contributed by atoms with Crippen LogP contribution in [0.4, 0.5) is 11.4 Å². The first-order valence-corrected chi connectivity index (χ1v) is 10.0. The topological polar surface area (TPSA) is 104 Å². The molecule has 9 heteroatoms. The van der Waals surface area contributed by atoms with Crippen LogP contribution in [0.5, 0.6) is 0 Å². The number of carboxylic acids is 1. The Morgan fingerprint density at radius 2 is 1.93 bits per heavy atom. The van der Waals surface area contributed by atoms with E-state index in [4.69, 9.17) is 5.11 Å². The fourth-order valence-corrected chi connectivity index (χ4v) is 4.70. The summed E-state index contributed by atoms with van der Waals surface area (Å²) in [5, 5.41) is 11.9. The largest absolute Gasteiger partial charge is 0.478 e. The number of carbonyl (C=O) groups excluding carboxylic acids is 1. The number of nitrogens with zero attached hydrogens (tertiary/aromatic N) is 3. The summed E-state index contributed by atoms with van der Waals surface area (Å²) in [4.78, 5) is 43.8. The average Bonchev–Trinajstić information content (AvgIpc) is 3.23. The van der Waals surface area contributed by atoms with Crippen LogP contribution >= 0.6 is 11.3 Å². The summed E-state index contributed by atoms with van der Waals surface area (Å²) < 4.78 is 1.92. The molecule has 30 heavy (non-hydrogen) atoms. The number of nitrogens with one attached hydrogen (secondary N) is 1. The fraction of sp³-hybridized carbons (Fsp3) is 0.143. The minimum absolute atomic E-state index is 0.195. The summed E-state index contributed by atoms with van der Waals surface area (Å²) in [5.74, 6) is -1.28. The molecule has 2 N–H and O–H groups in total. The number of hydrogen-bond acceptors (Lipinski definition) is 6. The number of amides is 1. The highest BCUT2D eigenvalue weighted by Crippen LogP contribution is 2.30. The molecule has 3 aromatic rings. The normalized spacial score (nSPS) is 16.6. The Bertz CT molecular complexity index is 1400. The average molecular weight is 420 g/mol. The number of carboxylic acid groups (broad SMARTS) is 1. The van der Waals surface area contributed by atoms with E-state index < -0.39 is 5.97 Å². The molecular formula is C21H16N4O4S. The van der Waals surface area contributed by atoms with Crippen molar-refractivity contribution in [2.24, 2.45) is 4.99 Å². The number of hydrogen-bond donors (Lipinski definition) is 2. The van der Waals surface area contributed by atoms with Gasteiger partial charge in [0.1, 0.15) is 17.9 Å². The van der Waals surface area contributed by atoms with Crippen LogP contribution in [0.2, 0.25) is 0 Å². The third kappa shape index (κ3) is 2.82. The van der Waals surface area contributed by atoms with Crippen LogP contribution in [0.1, 0.15) is 21.5 Å². The van der Waals surface area contributed by atoms with E-state index in [0.29, 0.717) is 27.3 Å². The quantitative estimate of drug-likeness (QED) is 0.647. The van der Waals surface area contributed by atoms with Gasteiger partial charge in [-0.25, -0.2) is 9.79 Å². The fourth-order valence-electron chi connectivity index (χ4n) is 3.65. The highest BCUT2D eigenvalue weighted by molar-refractivity contribution is 7.07. The molecule has 0 atom stereocenters. The zero-order valence-corrected chi connectivity index (χ0v) is 16.7. The van der Waals surface area contributed by atoms with Gasteiger partial charge in [-0.3, -0.25) is 14.2 Å². The molecule has 0 spiro atoms. The van der Waals surface area contributed by atoms with E-state index in [-0.39, 0.29) is 23.7 Å². The van der Waals surface area contributed by atoms with Crippen LogP contribution in [0.25, 0.3) is 5.57 Å². The molecule has 2 aromatic carbocycles. The van der Waals surface area contributed by atoms with E-state index in [0.717, 1.165) is 16.8 Å². The van der Waals surface area contributed by atoms with Crippen molar-refractivity contribution in [1.29, 1.82) is 0 Å². The molecular weight excluding hydrogens is 404 g/mol. The number of aromatic carboxylic acids is 1. The highest BCUT2D eigenvalue weighted by Gasteiger charge is 2.28. The lowest BCUT2D eigenvalue weighted by molar-refractivity contribution is -0.110. The van der Waals surface area contributed by atoms with Crippen LogP contribution in [0.3, 0.4) is 0 Å². The number of benzene rings is 2. The lowest BCUT2D eigenvalue weighted by atomic mass is 10.1. The van der Waals surface area contributed by atoms with Gasteiger partial charge in [0.2, 0.25) is 0 Å². The summed E-state index contributed by atoms with van der Waals surface area (Å²) in [5.41, 5.74) is 3.53. The second-order valence-corrected chi connectivity index (χ2v) is 8.14. The van der Waals surface area contributed by atoms with E-state index in [1.807, 2.05) is 30.0 Å². The van der Waals surface area contributed by atoms with E-state index in [1.165, 1.54) is 23.5 Å². The second-order valence-electron chi connectivity index (χ2n) is 7.16. The smallest absolute Gasteiger partial charge is 0.335 e. The van der Waals surface area contributed by atoms with Crippen LogP contribution in [0.15, 0.2) is 52.3 Å². The van der Waals surface area contributed by atoms with Crippen molar-refractivity contribution in [2.75, 3.05) is 16.9 Å². The van der Waals surface area contributed by atoms with Crippen molar-refractivity contribution in [3.05, 3.63) is 78.8 Å². The van der Waals surface area contributed by atoms with Gasteiger partial charge in [-0.1, -0.05) is 23.0 Å². The van der Waals surface area contributed by atoms with Crippen LogP contribution in [-0.2, 0) is 11.5 Å². The van der Waals surface area contributed by atoms with Gasteiger partial charge in [0.05, 0.1) is 11.1 Å². The van der Waals surface area contributed by atoms with Gasteiger partial charge in [-0.05, 0) is 43.3 Å². The monoisotopic (exact) mass is 420 g/mol. The zero-order valence-electron chi connectivity index (χ0n) is 15.9. The van der Waals surface area contributed by atoms with Crippen molar-refractivity contribution in [2.45, 2.75) is 13.6 Å². The number of rotatable bonds is 2. The summed E-state index contributed by atoms with van der Waals surface area (Å²) >= 11 is 1.22. The van der Waals surface area contributed by atoms with Crippen molar-refractivity contribution < 1.29 is 14.7 Å². The second kappa shape index (κ2) is 6.67. The number of anilines is 2. The minimum Gasteiger partial charge on any atom is -0.478 e. The Balaban J connectivity index is 1.59. The van der Waals surface area contributed by atoms with Crippen LogP contribution in [-0.4, -0.2) is 28.2 Å². The Hall–Kier alpha value is -3.72. The van der Waals surface area contributed by atoms with Crippen molar-refractivity contribution in [3.8, 4) is 0 Å². The molecule has 1 aromatic heterocycles. The molecule has 2 aliphatic rings. The SMILES string of the molecule is Cc1ccc2c(c1)C(=c1sc3n(c1=O)CN(c1ccc(C(=O)O)cc1)CN=3)C(=O)N2. The molecule has 8 nitrogen and oxygen atoms in total. The molecule has 0 fully saturated rings. The molecule has 1 amide bonds. The van der Waals surface area contributed by atoms with Crippen LogP contribution in [0, 0.1) is 6.92 Å². The lowest BCUT2D eigenvalue weighted by Crippen LogP contribution is -2.43. The van der Waals surface area contributed by atoms with Gasteiger partial charge in [0, 0.05) is 16.9 Å². The first kappa shape index (κ1) is 18.3. The predicted octanol–water partition coefficient (Wildman–Crippen LogP) is 1.12. The van der Waals surface area contributed by atoms with E-state index in [2.05, 4.69) is 10.3 Å². The van der Waals surface area contributed by atoms with Crippen molar-refractivity contribution in [1.82, 2.24) is 4.57 Å². The molecule has 0 saturated carbocycles. The van der Waals surface area contributed by atoms with Gasteiger partial charge >= 0.3 is 5.97 Å². The molecule has 2 aliphatic heterocycles. The van der Waals surface area contributed by atoms with Crippen LogP contribution < -0.4 is 25.1 Å². The molecule has 5 rings (SSSR count). The van der Waals surface area contributed by atoms with Gasteiger partial charge in [0.25, 0.3) is 11.5 Å². The third-order valence-electron chi connectivity index (χ3n) is 5.18. The van der Waals surface area contributed by atoms with Crippen molar-refractivity contribution >= 4 is 40.2 Å². The van der Waals surface area contributed by atoms with E-state index in [1.54, 1.807) is 16.7 Å². The maximum atomic E-state index is 13.2. The number of aromatic nitrogens is 1. The molecule has 150 valence electrons. The minimum atomic E-state index is -0.992. The first-order chi connectivity index (χ1) is 14.4. The lowest BCUT2D eigenvalue weighted by Gasteiger charge is -2.25. The molecule has 3 heterocycles. The Labute approximate surface area is 174 Å². The number of thiazole rings is 1. The number of carbonyl (C=O) groups is 2. The third-order valence-corrected chi connectivity index (χ3v) is 6.29. The summed E-state index contributed by atoms with van der Waals surface area (Å²) in [6, 6.07) is 12.1. The maximum absolute atomic E-state index is 13.2. The van der Waals surface area contributed by atoms with Crippen molar-refractivity contribution in [3.63, 3.8) is 0 Å². The van der Waals surface area contributed by atoms with Gasteiger partial charge in [-0.15, -0.1) is 0 Å². The van der Waals surface area contributed by atoms with E-state index in [9.17, 15) is 14.4 Å². The Morgan fingerprint density at radius 3 is 2.67 bits per heavy atom. The molecule has 0 saturated heterocycles. The van der Waals surface area contributed by atoms with Gasteiger partial charge < -0.3 is 15.3 Å². The highest BCUT2D eigenvalue weighted by atomic mass is 32.1. The predicted molar refractivity (Wildman–Crippen MR) is 112 cm³/mol. The van der Waals surface area contributed by atoms with Gasteiger partial charge in [-0.2, -0.15) is 0 Å². The van der Waals surface area contributed by atoms with Gasteiger partial charge in [0.15, 0.2) is 4.80 Å². The molecule has 0 unspecified atom stereocenters. The molecule has 0 radical (unpaired) electrons. The Morgan fingerprint density at radius 1 is 1.17 bits per heavy atom. The Kier molecular flexibility index (Phi) is 4.07. The standard InChI is InChI=1S/C21H16N4O4S/c1-11-2-7-15-14(8-11)16(18(26)23-15)17-19(27)25-10-24(9-22-21(25)30-17)13-5-3-12(4-6-13)20(28)29/h2-8H,9-10H2,1H3,(H,23,26)(H,28,29). The number of aryl methyl sites for hydroxylation is 1. The molecule has 0 aliphatic carbocycles. The maximum Gasteiger partial charge on any atom is 0.335 e. The summed E-state index contributed by atoms with van der Waals surface area (Å²) in [7, 11) is 0. The molecule has 0 bridgehead atoms. The summed E-state index contributed by atoms with van der Waals surface area (Å²) in [6.07, 6.45) is 0.